The van der Waals surface area contributed by atoms with Crippen LogP contribution in [0.25, 0.3) is 0 Å². The molecule has 1 atom stereocenters. The summed E-state index contributed by atoms with van der Waals surface area (Å²) in [5.41, 5.74) is 0.165. The van der Waals surface area contributed by atoms with Crippen LogP contribution in [0.4, 0.5) is 18.9 Å². The van der Waals surface area contributed by atoms with Crippen LogP contribution < -0.4 is 10.0 Å². The molecule has 0 aromatic heterocycles. The maximum Gasteiger partial charge on any atom is 0.391 e. The summed E-state index contributed by atoms with van der Waals surface area (Å²) < 4.78 is 63.6. The molecule has 0 radical (unpaired) electrons. The topological polar surface area (TPSA) is 58.2 Å². The van der Waals surface area contributed by atoms with Crippen molar-refractivity contribution in [1.29, 1.82) is 0 Å². The predicted molar refractivity (Wildman–Crippen MR) is 75.7 cm³/mol. The first kappa shape index (κ1) is 17.8. The quantitative estimate of drug-likeness (QED) is 0.810. The molecule has 0 fully saturated rings. The molecule has 1 rings (SSSR count). The molecule has 0 aliphatic heterocycles. The molecule has 0 bridgehead atoms. The first-order valence-corrected chi connectivity index (χ1v) is 8.06. The first-order valence-electron chi connectivity index (χ1n) is 6.57. The van der Waals surface area contributed by atoms with Crippen molar-refractivity contribution in [2.75, 3.05) is 11.9 Å². The summed E-state index contributed by atoms with van der Waals surface area (Å²) in [5.74, 6) is 0. The number of nitrogens with one attached hydrogen (secondary N) is 2. The van der Waals surface area contributed by atoms with Crippen LogP contribution in [-0.2, 0) is 10.0 Å². The van der Waals surface area contributed by atoms with Gasteiger partial charge in [0, 0.05) is 12.6 Å². The molecule has 2 N–H and O–H groups in total. The van der Waals surface area contributed by atoms with Gasteiger partial charge in [-0.3, -0.25) is 0 Å². The maximum absolute atomic E-state index is 12.3. The van der Waals surface area contributed by atoms with Crippen molar-refractivity contribution >= 4 is 15.7 Å². The number of hydrogen-bond acceptors (Lipinski definition) is 3. The van der Waals surface area contributed by atoms with Gasteiger partial charge in [0.2, 0.25) is 10.0 Å². The molecule has 0 spiro atoms. The summed E-state index contributed by atoms with van der Waals surface area (Å²) in [6, 6.07) is 4.99. The third-order valence-corrected chi connectivity index (χ3v) is 4.18. The van der Waals surface area contributed by atoms with Gasteiger partial charge >= 0.3 is 6.18 Å². The summed E-state index contributed by atoms with van der Waals surface area (Å²) >= 11 is 0. The van der Waals surface area contributed by atoms with Crippen molar-refractivity contribution in [3.63, 3.8) is 0 Å². The fourth-order valence-corrected chi connectivity index (χ4v) is 3.10. The van der Waals surface area contributed by atoms with Crippen molar-refractivity contribution in [2.24, 2.45) is 0 Å². The van der Waals surface area contributed by atoms with Crippen LogP contribution in [0, 0.1) is 0 Å². The van der Waals surface area contributed by atoms with Crippen LogP contribution in [0.5, 0.6) is 0 Å². The van der Waals surface area contributed by atoms with E-state index in [-0.39, 0.29) is 17.1 Å². The average molecular weight is 324 g/mol. The van der Waals surface area contributed by atoms with Crippen molar-refractivity contribution < 1.29 is 21.6 Å². The summed E-state index contributed by atoms with van der Waals surface area (Å²) in [4.78, 5) is -0.0486. The third kappa shape index (κ3) is 5.92. The Labute approximate surface area is 122 Å². The Morgan fingerprint density at radius 1 is 1.24 bits per heavy atom. The van der Waals surface area contributed by atoms with Gasteiger partial charge in [-0.15, -0.1) is 0 Å². The van der Waals surface area contributed by atoms with Crippen molar-refractivity contribution in [1.82, 2.24) is 4.72 Å². The van der Waals surface area contributed by atoms with Gasteiger partial charge in [0.05, 0.1) is 12.1 Å². The molecule has 0 aliphatic carbocycles. The molecule has 0 amide bonds. The van der Waals surface area contributed by atoms with Gasteiger partial charge in [0.15, 0.2) is 0 Å². The Balaban J connectivity index is 2.94. The molecule has 1 unspecified atom stereocenters. The number of hydrogen-bond donors (Lipinski definition) is 2. The van der Waals surface area contributed by atoms with Crippen LogP contribution >= 0.6 is 0 Å². The number of anilines is 1. The Morgan fingerprint density at radius 3 is 2.43 bits per heavy atom. The largest absolute Gasteiger partial charge is 0.391 e. The number of para-hydroxylation sites is 1. The lowest BCUT2D eigenvalue weighted by Gasteiger charge is -2.19. The molecule has 1 aromatic carbocycles. The minimum Gasteiger partial charge on any atom is -0.381 e. The lowest BCUT2D eigenvalue weighted by atomic mass is 10.2. The van der Waals surface area contributed by atoms with E-state index in [1.54, 1.807) is 6.07 Å². The van der Waals surface area contributed by atoms with Gasteiger partial charge in [-0.2, -0.15) is 13.2 Å². The van der Waals surface area contributed by atoms with Gasteiger partial charge < -0.3 is 5.32 Å². The molecular weight excluding hydrogens is 305 g/mol. The van der Waals surface area contributed by atoms with E-state index in [0.29, 0.717) is 6.42 Å². The SMILES string of the molecule is CCCNS(=O)(=O)c1ccccc1NC(C)CC(F)(F)F. The zero-order chi connectivity index (χ0) is 16.1. The molecule has 0 saturated carbocycles. The lowest BCUT2D eigenvalue weighted by molar-refractivity contribution is -0.136. The molecule has 0 heterocycles. The summed E-state index contributed by atoms with van der Waals surface area (Å²) in [6.45, 7) is 3.45. The Kier molecular flexibility index (Phi) is 6.03. The van der Waals surface area contributed by atoms with Gasteiger partial charge in [-0.05, 0) is 25.5 Å². The number of sulfonamides is 1. The second-order valence-corrected chi connectivity index (χ2v) is 6.49. The minimum atomic E-state index is -4.30. The Morgan fingerprint density at radius 2 is 1.86 bits per heavy atom. The zero-order valence-electron chi connectivity index (χ0n) is 11.9. The molecule has 21 heavy (non-hydrogen) atoms. The Hall–Kier alpha value is -1.28. The van der Waals surface area contributed by atoms with E-state index in [1.165, 1.54) is 25.1 Å². The first-order chi connectivity index (χ1) is 9.65. The van der Waals surface area contributed by atoms with E-state index in [2.05, 4.69) is 10.0 Å². The van der Waals surface area contributed by atoms with E-state index in [9.17, 15) is 21.6 Å². The van der Waals surface area contributed by atoms with E-state index >= 15 is 0 Å². The monoisotopic (exact) mass is 324 g/mol. The molecule has 0 saturated heterocycles. The summed E-state index contributed by atoms with van der Waals surface area (Å²) in [6.07, 6.45) is -4.72. The molecule has 1 aromatic rings. The third-order valence-electron chi connectivity index (χ3n) is 2.66. The zero-order valence-corrected chi connectivity index (χ0v) is 12.7. The van der Waals surface area contributed by atoms with Crippen LogP contribution in [0.1, 0.15) is 26.7 Å². The number of halogens is 3. The van der Waals surface area contributed by atoms with Gasteiger partial charge in [0.25, 0.3) is 0 Å². The maximum atomic E-state index is 12.3. The molecule has 120 valence electrons. The average Bonchev–Trinajstić information content (AvgIpc) is 2.34. The Bertz CT molecular complexity index is 559. The van der Waals surface area contributed by atoms with Gasteiger partial charge in [-0.25, -0.2) is 13.1 Å². The van der Waals surface area contributed by atoms with Crippen LogP contribution in [0.3, 0.4) is 0 Å². The molecular formula is C13H19F3N2O2S. The second-order valence-electron chi connectivity index (χ2n) is 4.76. The van der Waals surface area contributed by atoms with Crippen LogP contribution in [0.2, 0.25) is 0 Å². The number of alkyl halides is 3. The fraction of sp³-hybridized carbons (Fsp3) is 0.538. The second kappa shape index (κ2) is 7.13. The lowest BCUT2D eigenvalue weighted by Crippen LogP contribution is -2.28. The van der Waals surface area contributed by atoms with Crippen molar-refractivity contribution in [3.8, 4) is 0 Å². The number of benzene rings is 1. The van der Waals surface area contributed by atoms with Crippen molar-refractivity contribution in [3.05, 3.63) is 24.3 Å². The normalized spacial score (nSPS) is 14.0. The van der Waals surface area contributed by atoms with E-state index in [4.69, 9.17) is 0 Å². The molecule has 8 heteroatoms. The van der Waals surface area contributed by atoms with Gasteiger partial charge in [-0.1, -0.05) is 19.1 Å². The van der Waals surface area contributed by atoms with Gasteiger partial charge in [0.1, 0.15) is 4.90 Å². The molecule has 0 aliphatic rings. The van der Waals surface area contributed by atoms with Crippen molar-refractivity contribution in [2.45, 2.75) is 43.8 Å². The molecule has 4 nitrogen and oxygen atoms in total. The fourth-order valence-electron chi connectivity index (χ4n) is 1.80. The highest BCUT2D eigenvalue weighted by atomic mass is 32.2. The van der Waals surface area contributed by atoms with E-state index < -0.39 is 28.7 Å². The van der Waals surface area contributed by atoms with Crippen LogP contribution in [-0.4, -0.2) is 27.2 Å². The van der Waals surface area contributed by atoms with E-state index in [1.807, 2.05) is 6.92 Å². The van der Waals surface area contributed by atoms with Crippen LogP contribution in [0.15, 0.2) is 29.2 Å². The smallest absolute Gasteiger partial charge is 0.381 e. The summed E-state index contributed by atoms with van der Waals surface area (Å²) in [5, 5.41) is 2.61. The minimum absolute atomic E-state index is 0.0486. The summed E-state index contributed by atoms with van der Waals surface area (Å²) in [7, 11) is -3.74. The number of rotatable bonds is 7. The highest BCUT2D eigenvalue weighted by Gasteiger charge is 2.30. The standard InChI is InChI=1S/C13H19F3N2O2S/c1-3-8-17-21(19,20)12-7-5-4-6-11(12)18-10(2)9-13(14,15)16/h4-7,10,17-18H,3,8-9H2,1-2H3. The highest BCUT2D eigenvalue weighted by molar-refractivity contribution is 7.89. The highest BCUT2D eigenvalue weighted by Crippen LogP contribution is 2.26. The predicted octanol–water partition coefficient (Wildman–Crippen LogP) is 3.13. The van der Waals surface area contributed by atoms with E-state index in [0.717, 1.165) is 0 Å².